The highest BCUT2D eigenvalue weighted by molar-refractivity contribution is 6.34. The van der Waals surface area contributed by atoms with E-state index in [0.717, 1.165) is 12.1 Å². The molecule has 2 aromatic carbocycles. The monoisotopic (exact) mass is 374 g/mol. The first-order valence-corrected chi connectivity index (χ1v) is 6.99. The van der Waals surface area contributed by atoms with Crippen LogP contribution < -0.4 is 15.4 Å². The van der Waals surface area contributed by atoms with Gasteiger partial charge in [-0.25, -0.2) is 4.79 Å². The number of hydrogen-bond donors (Lipinski definition) is 3. The van der Waals surface area contributed by atoms with Crippen molar-refractivity contribution < 1.29 is 32.6 Å². The number of amides is 3. The zero-order chi connectivity index (χ0) is 18.6. The average molecular weight is 375 g/mol. The molecule has 0 unspecified atom stereocenters. The summed E-state index contributed by atoms with van der Waals surface area (Å²) in [7, 11) is 0. The molecule has 0 aliphatic rings. The smallest absolute Gasteiger partial charge is 0.506 e. The van der Waals surface area contributed by atoms with Gasteiger partial charge in [0.2, 0.25) is 0 Å². The number of phenols is 1. The lowest BCUT2D eigenvalue weighted by molar-refractivity contribution is -0.274. The molecule has 0 aliphatic carbocycles. The molecule has 3 amide bonds. The topological polar surface area (TPSA) is 87.7 Å². The molecule has 0 spiro atoms. The van der Waals surface area contributed by atoms with Gasteiger partial charge in [-0.05, 0) is 24.3 Å². The summed E-state index contributed by atoms with van der Waals surface area (Å²) in [6, 6.07) is 7.52. The second kappa shape index (κ2) is 7.31. The number of phenolic OH excluding ortho intramolecular Hbond substituents is 1. The molecular formula is C15H10ClF3N2O4. The van der Waals surface area contributed by atoms with Crippen LogP contribution in [-0.4, -0.2) is 23.4 Å². The third-order valence-corrected chi connectivity index (χ3v) is 3.13. The summed E-state index contributed by atoms with van der Waals surface area (Å²) in [4.78, 5) is 23.7. The first-order valence-electron chi connectivity index (χ1n) is 6.61. The number of imide groups is 1. The number of hydrogen-bond acceptors (Lipinski definition) is 4. The van der Waals surface area contributed by atoms with Crippen LogP contribution in [-0.2, 0) is 0 Å². The van der Waals surface area contributed by atoms with Crippen LogP contribution in [0, 0.1) is 0 Å². The maximum atomic E-state index is 12.1. The van der Waals surface area contributed by atoms with Crippen LogP contribution in [0.25, 0.3) is 0 Å². The minimum absolute atomic E-state index is 0.0532. The van der Waals surface area contributed by atoms with E-state index in [4.69, 9.17) is 11.6 Å². The Morgan fingerprint density at radius 1 is 1.12 bits per heavy atom. The molecule has 0 fully saturated rings. The molecule has 2 rings (SSSR count). The van der Waals surface area contributed by atoms with Gasteiger partial charge in [-0.2, -0.15) is 0 Å². The molecule has 25 heavy (non-hydrogen) atoms. The van der Waals surface area contributed by atoms with Gasteiger partial charge in [-0.15, -0.1) is 13.2 Å². The minimum atomic E-state index is -4.92. The first kappa shape index (κ1) is 18.4. The summed E-state index contributed by atoms with van der Waals surface area (Å²) in [5.74, 6) is -2.13. The Hall–Kier alpha value is -2.94. The third-order valence-electron chi connectivity index (χ3n) is 2.80. The molecular weight excluding hydrogens is 365 g/mol. The number of halogens is 4. The number of rotatable bonds is 3. The van der Waals surface area contributed by atoms with Crippen molar-refractivity contribution in [3.63, 3.8) is 0 Å². The maximum absolute atomic E-state index is 12.1. The lowest BCUT2D eigenvalue weighted by atomic mass is 10.2. The van der Waals surface area contributed by atoms with Gasteiger partial charge in [-0.1, -0.05) is 23.7 Å². The Kier molecular flexibility index (Phi) is 5.38. The zero-order valence-electron chi connectivity index (χ0n) is 12.2. The minimum Gasteiger partial charge on any atom is -0.506 e. The summed E-state index contributed by atoms with van der Waals surface area (Å²) in [5, 5.41) is 13.9. The van der Waals surface area contributed by atoms with Crippen molar-refractivity contribution in [2.75, 3.05) is 5.32 Å². The number of urea groups is 1. The lowest BCUT2D eigenvalue weighted by Crippen LogP contribution is -2.34. The Morgan fingerprint density at radius 2 is 1.80 bits per heavy atom. The van der Waals surface area contributed by atoms with Gasteiger partial charge < -0.3 is 15.2 Å². The summed E-state index contributed by atoms with van der Waals surface area (Å²) < 4.78 is 39.9. The molecule has 10 heteroatoms. The van der Waals surface area contributed by atoms with Gasteiger partial charge in [0.15, 0.2) is 0 Å². The number of aromatic hydroxyl groups is 1. The van der Waals surface area contributed by atoms with E-state index in [1.54, 1.807) is 12.1 Å². The summed E-state index contributed by atoms with van der Waals surface area (Å²) in [6.07, 6.45) is -4.92. The number of carbonyl (C=O) groups is 2. The molecule has 6 nitrogen and oxygen atoms in total. The highest BCUT2D eigenvalue weighted by Gasteiger charge is 2.31. The van der Waals surface area contributed by atoms with Crippen LogP contribution in [0.2, 0.25) is 5.02 Å². The molecule has 2 aromatic rings. The van der Waals surface area contributed by atoms with E-state index in [1.165, 1.54) is 12.1 Å². The van der Waals surface area contributed by atoms with Crippen LogP contribution >= 0.6 is 11.6 Å². The van der Waals surface area contributed by atoms with E-state index >= 15 is 0 Å². The second-order valence-corrected chi connectivity index (χ2v) is 5.02. The molecule has 0 saturated heterocycles. The molecule has 0 bridgehead atoms. The van der Waals surface area contributed by atoms with Gasteiger partial charge in [-0.3, -0.25) is 10.1 Å². The van der Waals surface area contributed by atoms with Gasteiger partial charge in [0.25, 0.3) is 5.91 Å². The molecule has 0 heterocycles. The molecule has 132 valence electrons. The predicted molar refractivity (Wildman–Crippen MR) is 82.7 cm³/mol. The van der Waals surface area contributed by atoms with E-state index in [9.17, 15) is 27.9 Å². The maximum Gasteiger partial charge on any atom is 0.573 e. The normalized spacial score (nSPS) is 10.9. The van der Waals surface area contributed by atoms with E-state index in [0.29, 0.717) is 6.07 Å². The Bertz CT molecular complexity index is 812. The van der Waals surface area contributed by atoms with Crippen LogP contribution in [0.4, 0.5) is 23.7 Å². The van der Waals surface area contributed by atoms with Crippen LogP contribution in [0.3, 0.4) is 0 Å². The Balaban J connectivity index is 2.03. The third kappa shape index (κ3) is 5.28. The van der Waals surface area contributed by atoms with Crippen molar-refractivity contribution in [2.45, 2.75) is 6.36 Å². The van der Waals surface area contributed by atoms with E-state index in [2.05, 4.69) is 10.1 Å². The van der Waals surface area contributed by atoms with E-state index < -0.39 is 29.8 Å². The van der Waals surface area contributed by atoms with Gasteiger partial charge >= 0.3 is 12.4 Å². The fraction of sp³-hybridized carbons (Fsp3) is 0.0667. The zero-order valence-corrected chi connectivity index (χ0v) is 13.0. The van der Waals surface area contributed by atoms with Crippen molar-refractivity contribution in [1.29, 1.82) is 0 Å². The molecule has 0 atom stereocenters. The number of ether oxygens (including phenoxy) is 1. The van der Waals surface area contributed by atoms with Crippen molar-refractivity contribution in [2.24, 2.45) is 0 Å². The van der Waals surface area contributed by atoms with Gasteiger partial charge in [0, 0.05) is 6.07 Å². The first-order chi connectivity index (χ1) is 11.7. The summed E-state index contributed by atoms with van der Waals surface area (Å²) >= 11 is 5.82. The fourth-order valence-electron chi connectivity index (χ4n) is 1.78. The highest BCUT2D eigenvalue weighted by atomic mass is 35.5. The average Bonchev–Trinajstić information content (AvgIpc) is 2.48. The molecule has 0 saturated carbocycles. The predicted octanol–water partition coefficient (Wildman–Crippen LogP) is 3.91. The number of benzene rings is 2. The quantitative estimate of drug-likeness (QED) is 0.711. The summed E-state index contributed by atoms with van der Waals surface area (Å²) in [6.45, 7) is 0. The van der Waals surface area contributed by atoms with E-state index in [-0.39, 0.29) is 16.3 Å². The number of alkyl halides is 3. The van der Waals surface area contributed by atoms with E-state index in [1.807, 2.05) is 5.32 Å². The summed E-state index contributed by atoms with van der Waals surface area (Å²) in [5.41, 5.74) is -0.170. The lowest BCUT2D eigenvalue weighted by Gasteiger charge is -2.12. The van der Waals surface area contributed by atoms with Crippen molar-refractivity contribution in [3.05, 3.63) is 53.1 Å². The highest BCUT2D eigenvalue weighted by Crippen LogP contribution is 2.31. The largest absolute Gasteiger partial charge is 0.573 e. The molecule has 0 radical (unpaired) electrons. The Morgan fingerprint density at radius 3 is 2.40 bits per heavy atom. The van der Waals surface area contributed by atoms with Crippen LogP contribution in [0.5, 0.6) is 11.5 Å². The standard InChI is InChI=1S/C15H10ClF3N2O4/c16-10-4-2-1-3-9(10)13(23)21-14(24)20-11-6-5-8(7-12(11)22)25-15(17,18)19/h1-7,22H,(H2,20,21,23,24). The second-order valence-electron chi connectivity index (χ2n) is 4.61. The van der Waals surface area contributed by atoms with Crippen LogP contribution in [0.1, 0.15) is 10.4 Å². The number of carbonyl (C=O) groups excluding carboxylic acids is 2. The number of anilines is 1. The van der Waals surface area contributed by atoms with Crippen molar-refractivity contribution in [3.8, 4) is 11.5 Å². The van der Waals surface area contributed by atoms with Crippen molar-refractivity contribution >= 4 is 29.2 Å². The van der Waals surface area contributed by atoms with Gasteiger partial charge in [0.05, 0.1) is 16.3 Å². The van der Waals surface area contributed by atoms with Crippen LogP contribution in [0.15, 0.2) is 42.5 Å². The molecule has 0 aromatic heterocycles. The van der Waals surface area contributed by atoms with Gasteiger partial charge in [0.1, 0.15) is 11.5 Å². The Labute approximate surface area is 144 Å². The molecule has 0 aliphatic heterocycles. The molecule has 3 N–H and O–H groups in total. The van der Waals surface area contributed by atoms with Crippen molar-refractivity contribution in [1.82, 2.24) is 5.32 Å². The fourth-order valence-corrected chi connectivity index (χ4v) is 2.01. The SMILES string of the molecule is O=C(NC(=O)c1ccccc1Cl)Nc1ccc(OC(F)(F)F)cc1O. The number of nitrogens with one attached hydrogen (secondary N) is 2.